The molecule has 0 saturated heterocycles. The lowest BCUT2D eigenvalue weighted by atomic mass is 9.89. The Kier molecular flexibility index (Phi) is 41.3. The largest absolute Gasteiger partial charge is 0.481 e. The molecule has 0 fully saturated rings. The van der Waals surface area contributed by atoms with E-state index in [-0.39, 0.29) is 11.9 Å². The smallest absolute Gasteiger partial charge is 0.306 e. The normalized spacial score (nSPS) is 12.5. The van der Waals surface area contributed by atoms with Gasteiger partial charge in [-0.15, -0.1) is 0 Å². The average Bonchev–Trinajstić information content (AvgIpc) is 3.05. The highest BCUT2D eigenvalue weighted by Gasteiger charge is 2.18. The fourth-order valence-electron chi connectivity index (χ4n) is 6.46. The van der Waals surface area contributed by atoms with Gasteiger partial charge in [0.1, 0.15) is 0 Å². The molecule has 0 heterocycles. The molecular formula is C44H88O4. The second-order valence-corrected chi connectivity index (χ2v) is 15.6. The molecule has 0 aromatic heterocycles. The van der Waals surface area contributed by atoms with E-state index in [4.69, 9.17) is 4.74 Å². The Hall–Kier alpha value is -1.06. The molecule has 1 N–H and O–H groups in total. The first-order valence-electron chi connectivity index (χ1n) is 21.7. The molecular weight excluding hydrogens is 592 g/mol. The van der Waals surface area contributed by atoms with Gasteiger partial charge in [0.05, 0.1) is 12.5 Å². The van der Waals surface area contributed by atoms with Gasteiger partial charge in [0.2, 0.25) is 0 Å². The highest BCUT2D eigenvalue weighted by atomic mass is 16.5. The van der Waals surface area contributed by atoms with Crippen LogP contribution in [-0.4, -0.2) is 23.7 Å². The summed E-state index contributed by atoms with van der Waals surface area (Å²) in [6.07, 6.45) is 39.9. The van der Waals surface area contributed by atoms with E-state index in [0.717, 1.165) is 50.9 Å². The maximum Gasteiger partial charge on any atom is 0.306 e. The van der Waals surface area contributed by atoms with Crippen LogP contribution in [0.3, 0.4) is 0 Å². The molecule has 0 aromatic rings. The first-order chi connectivity index (χ1) is 23.3. The number of carbonyl (C=O) groups is 2. The lowest BCUT2D eigenvalue weighted by molar-refractivity contribution is -0.144. The number of hydrogen-bond donors (Lipinski definition) is 1. The molecule has 0 saturated carbocycles. The van der Waals surface area contributed by atoms with E-state index >= 15 is 0 Å². The van der Waals surface area contributed by atoms with Crippen molar-refractivity contribution in [3.8, 4) is 0 Å². The fraction of sp³-hybridized carbons (Fsp3) is 0.955. The zero-order valence-corrected chi connectivity index (χ0v) is 33.7. The van der Waals surface area contributed by atoms with Crippen molar-refractivity contribution in [1.29, 1.82) is 0 Å². The monoisotopic (exact) mass is 681 g/mol. The van der Waals surface area contributed by atoms with Crippen molar-refractivity contribution in [2.24, 2.45) is 17.8 Å². The van der Waals surface area contributed by atoms with Gasteiger partial charge < -0.3 is 9.84 Å². The van der Waals surface area contributed by atoms with Crippen LogP contribution in [-0.2, 0) is 14.3 Å². The number of esters is 1. The van der Waals surface area contributed by atoms with Crippen LogP contribution in [0.5, 0.6) is 0 Å². The first-order valence-corrected chi connectivity index (χ1v) is 21.7. The van der Waals surface area contributed by atoms with Crippen molar-refractivity contribution >= 4 is 11.9 Å². The third-order valence-electron chi connectivity index (χ3n) is 9.99. The number of ether oxygens (including phenoxy) is 1. The van der Waals surface area contributed by atoms with Crippen molar-refractivity contribution in [3.63, 3.8) is 0 Å². The number of rotatable bonds is 36. The highest BCUT2D eigenvalue weighted by Crippen LogP contribution is 2.23. The van der Waals surface area contributed by atoms with E-state index in [1.807, 2.05) is 0 Å². The van der Waals surface area contributed by atoms with E-state index in [9.17, 15) is 14.7 Å². The number of carboxylic acids is 1. The summed E-state index contributed by atoms with van der Waals surface area (Å²) < 4.78 is 5.15. The molecule has 0 aromatic carbocycles. The second-order valence-electron chi connectivity index (χ2n) is 15.6. The van der Waals surface area contributed by atoms with Gasteiger partial charge in [-0.3, -0.25) is 9.59 Å². The Bertz CT molecular complexity index is 646. The SMILES string of the molecule is CCCCCCCCCCCCC(CCC(C)CCCC(C)C)C(=O)O.CCCCCCCCCCCCCCCC(=O)OCCCC. The third-order valence-corrected chi connectivity index (χ3v) is 9.99. The van der Waals surface area contributed by atoms with Crippen LogP contribution in [0.25, 0.3) is 0 Å². The standard InChI is InChI=1S/C24H48O2.C20H40O2/c1-5-6-7-8-9-10-11-12-13-14-18-23(24(25)26)20-19-22(4)17-15-16-21(2)3;1-3-5-7-8-9-10-11-12-13-14-15-16-17-18-20(21)22-19-6-4-2/h21-23H,5-20H2,1-4H3,(H,25,26);3-19H2,1-2H3. The maximum absolute atomic E-state index is 11.5. The number of unbranched alkanes of at least 4 members (excludes halogenated alkanes) is 22. The van der Waals surface area contributed by atoms with Crippen LogP contribution >= 0.6 is 0 Å². The molecule has 0 bridgehead atoms. The zero-order valence-electron chi connectivity index (χ0n) is 33.7. The fourth-order valence-corrected chi connectivity index (χ4v) is 6.46. The number of hydrogen-bond acceptors (Lipinski definition) is 3. The van der Waals surface area contributed by atoms with Crippen molar-refractivity contribution in [2.75, 3.05) is 6.61 Å². The van der Waals surface area contributed by atoms with Crippen molar-refractivity contribution < 1.29 is 19.4 Å². The second kappa shape index (κ2) is 40.4. The molecule has 0 amide bonds. The maximum atomic E-state index is 11.5. The van der Waals surface area contributed by atoms with Crippen LogP contribution in [0.15, 0.2) is 0 Å². The average molecular weight is 681 g/mol. The number of aliphatic carboxylic acids is 1. The van der Waals surface area contributed by atoms with Gasteiger partial charge in [-0.1, -0.05) is 208 Å². The van der Waals surface area contributed by atoms with Gasteiger partial charge >= 0.3 is 11.9 Å². The molecule has 48 heavy (non-hydrogen) atoms. The van der Waals surface area contributed by atoms with Crippen molar-refractivity contribution in [3.05, 3.63) is 0 Å². The molecule has 4 heteroatoms. The van der Waals surface area contributed by atoms with E-state index in [0.29, 0.717) is 18.9 Å². The van der Waals surface area contributed by atoms with Crippen LogP contribution in [0.1, 0.15) is 247 Å². The summed E-state index contributed by atoms with van der Waals surface area (Å²) in [5.74, 6) is 0.761. The van der Waals surface area contributed by atoms with Crippen LogP contribution in [0.4, 0.5) is 0 Å². The summed E-state index contributed by atoms with van der Waals surface area (Å²) in [7, 11) is 0. The van der Waals surface area contributed by atoms with Gasteiger partial charge in [-0.05, 0) is 43.9 Å². The zero-order chi connectivity index (χ0) is 35.9. The predicted molar refractivity (Wildman–Crippen MR) is 211 cm³/mol. The van der Waals surface area contributed by atoms with Gasteiger partial charge in [0.15, 0.2) is 0 Å². The van der Waals surface area contributed by atoms with Gasteiger partial charge in [0, 0.05) is 6.42 Å². The van der Waals surface area contributed by atoms with Crippen LogP contribution in [0.2, 0.25) is 0 Å². The molecule has 0 aliphatic rings. The molecule has 2 atom stereocenters. The quantitative estimate of drug-likeness (QED) is 0.0528. The molecule has 4 nitrogen and oxygen atoms in total. The van der Waals surface area contributed by atoms with Gasteiger partial charge in [-0.25, -0.2) is 0 Å². The molecule has 288 valence electrons. The minimum absolute atomic E-state index is 0.00322. The third kappa shape index (κ3) is 41.1. The van der Waals surface area contributed by atoms with Crippen molar-refractivity contribution in [2.45, 2.75) is 247 Å². The molecule has 0 aliphatic carbocycles. The minimum Gasteiger partial charge on any atom is -0.481 e. The Labute approximate surface area is 302 Å². The number of carboxylic acid groups (broad SMARTS) is 1. The lowest BCUT2D eigenvalue weighted by Gasteiger charge is -2.16. The Morgan fingerprint density at radius 3 is 1.29 bits per heavy atom. The Morgan fingerprint density at radius 2 is 0.875 bits per heavy atom. The summed E-state index contributed by atoms with van der Waals surface area (Å²) in [6, 6.07) is 0. The van der Waals surface area contributed by atoms with E-state index in [1.54, 1.807) is 0 Å². The topological polar surface area (TPSA) is 63.6 Å². The summed E-state index contributed by atoms with van der Waals surface area (Å²) in [5.41, 5.74) is 0. The lowest BCUT2D eigenvalue weighted by Crippen LogP contribution is -2.15. The van der Waals surface area contributed by atoms with Gasteiger partial charge in [-0.2, -0.15) is 0 Å². The van der Waals surface area contributed by atoms with E-state index in [2.05, 4.69) is 41.5 Å². The highest BCUT2D eigenvalue weighted by molar-refractivity contribution is 5.70. The summed E-state index contributed by atoms with van der Waals surface area (Å²) in [5, 5.41) is 9.48. The Balaban J connectivity index is 0. The number of carbonyl (C=O) groups excluding carboxylic acids is 1. The van der Waals surface area contributed by atoms with Crippen LogP contribution < -0.4 is 0 Å². The first kappa shape index (κ1) is 49.1. The molecule has 0 rings (SSSR count). The Morgan fingerprint density at radius 1 is 0.458 bits per heavy atom. The van der Waals surface area contributed by atoms with E-state index < -0.39 is 5.97 Å². The molecule has 0 aliphatic heterocycles. The van der Waals surface area contributed by atoms with E-state index in [1.165, 1.54) is 154 Å². The summed E-state index contributed by atoms with van der Waals surface area (Å²) >= 11 is 0. The predicted octanol–water partition coefficient (Wildman–Crippen LogP) is 15.1. The molecule has 2 unspecified atom stereocenters. The summed E-state index contributed by atoms with van der Waals surface area (Å²) in [6.45, 7) is 14.1. The van der Waals surface area contributed by atoms with Crippen LogP contribution in [0, 0.1) is 17.8 Å². The summed E-state index contributed by atoms with van der Waals surface area (Å²) in [4.78, 5) is 22.9. The molecule has 0 radical (unpaired) electrons. The molecule has 0 spiro atoms. The minimum atomic E-state index is -0.574. The van der Waals surface area contributed by atoms with Crippen molar-refractivity contribution in [1.82, 2.24) is 0 Å². The van der Waals surface area contributed by atoms with Gasteiger partial charge in [0.25, 0.3) is 0 Å².